The van der Waals surface area contributed by atoms with Gasteiger partial charge in [-0.05, 0) is 48.6 Å². The Bertz CT molecular complexity index is 1190. The van der Waals surface area contributed by atoms with Crippen molar-refractivity contribution < 1.29 is 17.9 Å². The maximum atomic E-state index is 14.4. The molecule has 9 heteroatoms. The molecule has 2 N–H and O–H groups in total. The van der Waals surface area contributed by atoms with E-state index in [2.05, 4.69) is 4.98 Å². The molecule has 28 heavy (non-hydrogen) atoms. The largest absolute Gasteiger partial charge is 0.391 e. The van der Waals surface area contributed by atoms with E-state index in [-0.39, 0.29) is 15.2 Å². The molecule has 0 spiro atoms. The van der Waals surface area contributed by atoms with E-state index in [0.717, 1.165) is 35.7 Å². The van der Waals surface area contributed by atoms with Crippen molar-refractivity contribution in [3.05, 3.63) is 58.3 Å². The number of piperidine rings is 1. The summed E-state index contributed by atoms with van der Waals surface area (Å²) in [6, 6.07) is 7.29. The second-order valence-corrected chi connectivity index (χ2v) is 10.2. The van der Waals surface area contributed by atoms with Gasteiger partial charge in [-0.1, -0.05) is 0 Å². The average molecular weight is 423 g/mol. The Hall–Kier alpha value is -2.23. The molecule has 3 aromatic rings. The molecule has 6 nitrogen and oxygen atoms in total. The molecule has 1 aromatic carbocycles. The van der Waals surface area contributed by atoms with E-state index in [0.29, 0.717) is 11.9 Å². The Morgan fingerprint density at radius 2 is 2.11 bits per heavy atom. The van der Waals surface area contributed by atoms with E-state index >= 15 is 0 Å². The fourth-order valence-electron chi connectivity index (χ4n) is 3.44. The predicted molar refractivity (Wildman–Crippen MR) is 107 cm³/mol. The molecule has 1 aliphatic heterocycles. The molecular formula is C19H19FN2O4S2. The molecular weight excluding hydrogens is 403 g/mol. The number of benzene rings is 1. The second-order valence-electron chi connectivity index (χ2n) is 6.93. The van der Waals surface area contributed by atoms with E-state index in [1.807, 2.05) is 4.90 Å². The highest BCUT2D eigenvalue weighted by molar-refractivity contribution is 7.92. The first-order valence-corrected chi connectivity index (χ1v) is 11.4. The molecule has 0 amide bonds. The number of rotatable bonds is 4. The Balaban J connectivity index is 1.63. The van der Waals surface area contributed by atoms with Gasteiger partial charge in [-0.25, -0.2) is 12.8 Å². The summed E-state index contributed by atoms with van der Waals surface area (Å²) >= 11 is 1.12. The van der Waals surface area contributed by atoms with Gasteiger partial charge in [-0.3, -0.25) is 4.79 Å². The third-order valence-corrected chi connectivity index (χ3v) is 8.26. The topological polar surface area (TPSA) is 90.5 Å². The Kier molecular flexibility index (Phi) is 4.98. The van der Waals surface area contributed by atoms with Crippen molar-refractivity contribution in [1.82, 2.24) is 4.98 Å². The van der Waals surface area contributed by atoms with Crippen LogP contribution in [0.5, 0.6) is 0 Å². The minimum atomic E-state index is -3.77. The number of aliphatic hydroxyl groups is 1. The molecule has 1 fully saturated rings. The number of hydrogen-bond donors (Lipinski definition) is 2. The first-order valence-electron chi connectivity index (χ1n) is 8.89. The van der Waals surface area contributed by atoms with Crippen LogP contribution in [-0.4, -0.2) is 37.7 Å². The number of sulfone groups is 1. The number of fused-ring (bicyclic) bond motifs is 1. The molecule has 4 rings (SSSR count). The Morgan fingerprint density at radius 3 is 2.89 bits per heavy atom. The number of aromatic nitrogens is 1. The summed E-state index contributed by atoms with van der Waals surface area (Å²) in [5.74, 6) is -1.18. The van der Waals surface area contributed by atoms with Gasteiger partial charge in [0.1, 0.15) is 10.0 Å². The number of halogens is 1. The maximum absolute atomic E-state index is 14.4. The number of pyridine rings is 1. The zero-order chi connectivity index (χ0) is 19.9. The van der Waals surface area contributed by atoms with Crippen LogP contribution in [0.15, 0.2) is 45.5 Å². The van der Waals surface area contributed by atoms with Crippen molar-refractivity contribution in [2.75, 3.05) is 18.0 Å². The molecule has 0 aliphatic carbocycles. The highest BCUT2D eigenvalue weighted by Gasteiger charge is 2.24. The first kappa shape index (κ1) is 19.1. The number of thiophene rings is 1. The van der Waals surface area contributed by atoms with Gasteiger partial charge in [-0.15, -0.1) is 11.3 Å². The van der Waals surface area contributed by atoms with Gasteiger partial charge < -0.3 is 15.0 Å². The average Bonchev–Trinajstić information content (AvgIpc) is 3.14. The zero-order valence-electron chi connectivity index (χ0n) is 14.9. The number of aliphatic hydroxyl groups excluding tert-OH is 1. The van der Waals surface area contributed by atoms with Crippen LogP contribution in [0.25, 0.3) is 10.8 Å². The van der Waals surface area contributed by atoms with Gasteiger partial charge in [0, 0.05) is 30.2 Å². The minimum Gasteiger partial charge on any atom is -0.391 e. The number of aromatic amines is 1. The molecule has 148 valence electrons. The normalized spacial score (nSPS) is 17.9. The first-order chi connectivity index (χ1) is 13.3. The summed E-state index contributed by atoms with van der Waals surface area (Å²) in [5, 5.41) is 11.3. The number of H-pyrrole nitrogens is 1. The van der Waals surface area contributed by atoms with Crippen LogP contribution in [0, 0.1) is 5.82 Å². The molecule has 0 bridgehead atoms. The van der Waals surface area contributed by atoms with Crippen LogP contribution in [0.2, 0.25) is 0 Å². The van der Waals surface area contributed by atoms with Crippen LogP contribution in [0.1, 0.15) is 18.4 Å². The lowest BCUT2D eigenvalue weighted by Gasteiger charge is -2.30. The quantitative estimate of drug-likeness (QED) is 0.675. The lowest BCUT2D eigenvalue weighted by molar-refractivity contribution is 0.154. The second kappa shape index (κ2) is 7.31. The molecule has 0 saturated carbocycles. The molecule has 1 aliphatic rings. The fourth-order valence-corrected chi connectivity index (χ4v) is 6.20. The van der Waals surface area contributed by atoms with Gasteiger partial charge in [-0.2, -0.15) is 0 Å². The van der Waals surface area contributed by atoms with Crippen LogP contribution >= 0.6 is 11.3 Å². The lowest BCUT2D eigenvalue weighted by Crippen LogP contribution is -2.37. The van der Waals surface area contributed by atoms with Crippen LogP contribution in [0.3, 0.4) is 0 Å². The molecule has 0 unspecified atom stereocenters. The van der Waals surface area contributed by atoms with Crippen molar-refractivity contribution in [1.29, 1.82) is 0 Å². The highest BCUT2D eigenvalue weighted by atomic mass is 32.2. The van der Waals surface area contributed by atoms with Gasteiger partial charge in [0.15, 0.2) is 9.84 Å². The molecule has 3 heterocycles. The fraction of sp³-hybridized carbons (Fsp3) is 0.316. The van der Waals surface area contributed by atoms with Crippen molar-refractivity contribution in [3.8, 4) is 0 Å². The van der Waals surface area contributed by atoms with E-state index < -0.39 is 33.1 Å². The van der Waals surface area contributed by atoms with Crippen LogP contribution in [-0.2, 0) is 15.6 Å². The van der Waals surface area contributed by atoms with Crippen LogP contribution < -0.4 is 10.5 Å². The maximum Gasteiger partial charge on any atom is 0.255 e. The van der Waals surface area contributed by atoms with Crippen LogP contribution in [0.4, 0.5) is 9.39 Å². The third-order valence-electron chi connectivity index (χ3n) is 4.87. The number of nitrogens with zero attached hydrogens (tertiary/aromatic N) is 1. The van der Waals surface area contributed by atoms with E-state index in [4.69, 9.17) is 0 Å². The lowest BCUT2D eigenvalue weighted by atomic mass is 10.1. The Morgan fingerprint density at radius 1 is 1.29 bits per heavy atom. The SMILES string of the molecule is O=c1[nH]ccc2cc(F)c(CS(=O)(=O)c3ccc(N4CCC[C@@H](O)C4)s3)cc12. The summed E-state index contributed by atoms with van der Waals surface area (Å²) in [5.41, 5.74) is -0.425. The summed E-state index contributed by atoms with van der Waals surface area (Å²) in [6.07, 6.45) is 2.59. The highest BCUT2D eigenvalue weighted by Crippen LogP contribution is 2.33. The number of anilines is 1. The number of β-amino-alcohol motifs (C(OH)–C–C–N with tert-alkyl or cyclic N) is 1. The third kappa shape index (κ3) is 3.69. The van der Waals surface area contributed by atoms with Gasteiger partial charge in [0.25, 0.3) is 5.56 Å². The van der Waals surface area contributed by atoms with Gasteiger partial charge in [0.2, 0.25) is 0 Å². The molecule has 1 atom stereocenters. The smallest absolute Gasteiger partial charge is 0.255 e. The summed E-state index contributed by atoms with van der Waals surface area (Å²) in [6.45, 7) is 1.24. The van der Waals surface area contributed by atoms with Crippen molar-refractivity contribution >= 4 is 36.9 Å². The molecule has 1 saturated heterocycles. The number of hydrogen-bond acceptors (Lipinski definition) is 6. The monoisotopic (exact) mass is 422 g/mol. The molecule has 2 aromatic heterocycles. The van der Waals surface area contributed by atoms with Gasteiger partial charge in [0.05, 0.1) is 16.9 Å². The van der Waals surface area contributed by atoms with E-state index in [1.54, 1.807) is 12.1 Å². The molecule has 0 radical (unpaired) electrons. The van der Waals surface area contributed by atoms with E-state index in [1.165, 1.54) is 24.4 Å². The van der Waals surface area contributed by atoms with Crippen molar-refractivity contribution in [3.63, 3.8) is 0 Å². The zero-order valence-corrected chi connectivity index (χ0v) is 16.5. The standard InChI is InChI=1S/C19H19FN2O4S2/c20-16-9-12-5-6-21-19(24)15(12)8-13(16)11-28(25,26)18-4-3-17(27-18)22-7-1-2-14(23)10-22/h3-6,8-9,14,23H,1-2,7,10-11H2,(H,21,24)/t14-/m1/s1. The summed E-state index contributed by atoms with van der Waals surface area (Å²) < 4.78 is 40.2. The van der Waals surface area contributed by atoms with E-state index in [9.17, 15) is 22.7 Å². The van der Waals surface area contributed by atoms with Crippen molar-refractivity contribution in [2.24, 2.45) is 0 Å². The Labute approximate surface area is 165 Å². The minimum absolute atomic E-state index is 0.0347. The summed E-state index contributed by atoms with van der Waals surface area (Å²) in [7, 11) is -3.77. The summed E-state index contributed by atoms with van der Waals surface area (Å²) in [4.78, 5) is 16.4. The number of nitrogens with one attached hydrogen (secondary N) is 1. The van der Waals surface area contributed by atoms with Gasteiger partial charge >= 0.3 is 0 Å². The predicted octanol–water partition coefficient (Wildman–Crippen LogP) is 2.66. The van der Waals surface area contributed by atoms with Crippen molar-refractivity contribution in [2.45, 2.75) is 28.9 Å².